The van der Waals surface area contributed by atoms with E-state index in [1.807, 2.05) is 30.3 Å². The number of alkyl halides is 3. The maximum absolute atomic E-state index is 12.2. The van der Waals surface area contributed by atoms with Gasteiger partial charge in [-0.05, 0) is 17.9 Å². The molecule has 0 radical (unpaired) electrons. The van der Waals surface area contributed by atoms with E-state index in [4.69, 9.17) is 0 Å². The van der Waals surface area contributed by atoms with Crippen molar-refractivity contribution in [1.82, 2.24) is 4.98 Å². The first kappa shape index (κ1) is 17.3. The first-order chi connectivity index (χ1) is 10.8. The third-order valence-electron chi connectivity index (χ3n) is 2.54. The van der Waals surface area contributed by atoms with Gasteiger partial charge in [0, 0.05) is 6.42 Å². The smallest absolute Gasteiger partial charge is 0.354 e. The lowest BCUT2D eigenvalue weighted by Crippen LogP contribution is -2.28. The molecule has 0 spiro atoms. The van der Waals surface area contributed by atoms with Gasteiger partial charge in [-0.2, -0.15) is 26.6 Å². The van der Waals surface area contributed by atoms with Crippen LogP contribution in [0, 0.1) is 11.8 Å². The van der Waals surface area contributed by atoms with Crippen molar-refractivity contribution >= 4 is 21.5 Å². The van der Waals surface area contributed by atoms with Crippen molar-refractivity contribution in [1.29, 1.82) is 0 Å². The highest BCUT2D eigenvalue weighted by Crippen LogP contribution is 2.27. The molecule has 0 amide bonds. The van der Waals surface area contributed by atoms with Gasteiger partial charge in [-0.1, -0.05) is 36.3 Å². The van der Waals surface area contributed by atoms with Gasteiger partial charge < -0.3 is 4.18 Å². The van der Waals surface area contributed by atoms with Crippen molar-refractivity contribution in [3.63, 3.8) is 0 Å². The van der Waals surface area contributed by atoms with E-state index in [2.05, 4.69) is 21.0 Å². The van der Waals surface area contributed by atoms with E-state index in [1.54, 1.807) is 0 Å². The number of hydrogen-bond acceptors (Lipinski definition) is 5. The summed E-state index contributed by atoms with van der Waals surface area (Å²) < 4.78 is 62.1. The predicted octanol–water partition coefficient (Wildman–Crippen LogP) is 3.36. The zero-order chi connectivity index (χ0) is 16.9. The molecule has 0 aliphatic rings. The monoisotopic (exact) mass is 361 g/mol. The molecule has 2 rings (SSSR count). The van der Waals surface area contributed by atoms with E-state index >= 15 is 0 Å². The zero-order valence-electron chi connectivity index (χ0n) is 11.5. The number of thiazole rings is 1. The molecular formula is C14H10F3NO3S2. The average molecular weight is 361 g/mol. The van der Waals surface area contributed by atoms with Crippen molar-refractivity contribution in [2.45, 2.75) is 18.3 Å². The van der Waals surface area contributed by atoms with Gasteiger partial charge in [0.05, 0.1) is 5.38 Å². The SMILES string of the molecule is O=S(=O)(Oc1csc(C#CCCc2ccccc2)n1)C(F)(F)F. The molecule has 0 aliphatic heterocycles. The maximum Gasteiger partial charge on any atom is 0.534 e. The molecular weight excluding hydrogens is 351 g/mol. The van der Waals surface area contributed by atoms with Crippen LogP contribution < -0.4 is 4.18 Å². The van der Waals surface area contributed by atoms with Gasteiger partial charge in [-0.15, -0.1) is 11.3 Å². The molecule has 23 heavy (non-hydrogen) atoms. The number of hydrogen-bond donors (Lipinski definition) is 0. The maximum atomic E-state index is 12.2. The topological polar surface area (TPSA) is 56.3 Å². The predicted molar refractivity (Wildman–Crippen MR) is 79.4 cm³/mol. The second-order valence-electron chi connectivity index (χ2n) is 4.26. The summed E-state index contributed by atoms with van der Waals surface area (Å²) in [6.07, 6.45) is 1.27. The number of rotatable bonds is 4. The number of aryl methyl sites for hydroxylation is 1. The number of benzene rings is 1. The Labute approximate surface area is 135 Å². The molecule has 0 unspecified atom stereocenters. The van der Waals surface area contributed by atoms with Gasteiger partial charge in [0.1, 0.15) is 0 Å². The quantitative estimate of drug-likeness (QED) is 0.476. The fourth-order valence-corrected chi connectivity index (χ4v) is 2.56. The van der Waals surface area contributed by atoms with Crippen LogP contribution >= 0.6 is 11.3 Å². The molecule has 1 aromatic heterocycles. The lowest BCUT2D eigenvalue weighted by molar-refractivity contribution is -0.0501. The molecule has 4 nitrogen and oxygen atoms in total. The van der Waals surface area contributed by atoms with Crippen LogP contribution in [0.2, 0.25) is 0 Å². The van der Waals surface area contributed by atoms with Gasteiger partial charge in [0.25, 0.3) is 0 Å². The van der Waals surface area contributed by atoms with Crippen LogP contribution in [-0.2, 0) is 16.5 Å². The highest BCUT2D eigenvalue weighted by Gasteiger charge is 2.48. The Morgan fingerprint density at radius 1 is 1.22 bits per heavy atom. The number of halogens is 3. The van der Waals surface area contributed by atoms with Crippen molar-refractivity contribution < 1.29 is 25.8 Å². The fourth-order valence-electron chi connectivity index (χ4n) is 1.50. The minimum atomic E-state index is -5.70. The molecule has 0 aliphatic carbocycles. The van der Waals surface area contributed by atoms with Gasteiger partial charge in [0.15, 0.2) is 5.01 Å². The Morgan fingerprint density at radius 2 is 1.91 bits per heavy atom. The highest BCUT2D eigenvalue weighted by molar-refractivity contribution is 7.88. The van der Waals surface area contributed by atoms with E-state index in [9.17, 15) is 21.6 Å². The fraction of sp³-hybridized carbons (Fsp3) is 0.214. The van der Waals surface area contributed by atoms with E-state index in [1.165, 1.54) is 0 Å². The van der Waals surface area contributed by atoms with E-state index < -0.39 is 21.5 Å². The van der Waals surface area contributed by atoms with Crippen LogP contribution in [0.25, 0.3) is 0 Å². The summed E-state index contributed by atoms with van der Waals surface area (Å²) in [5, 5.41) is 1.25. The summed E-state index contributed by atoms with van der Waals surface area (Å²) in [6, 6.07) is 9.64. The van der Waals surface area contributed by atoms with E-state index in [0.717, 1.165) is 28.7 Å². The second kappa shape index (κ2) is 7.02. The molecule has 1 heterocycles. The summed E-state index contributed by atoms with van der Waals surface area (Å²) in [4.78, 5) is 3.60. The van der Waals surface area contributed by atoms with Crippen LogP contribution in [0.3, 0.4) is 0 Å². The summed E-state index contributed by atoms with van der Waals surface area (Å²) >= 11 is 0.906. The minimum absolute atomic E-state index is 0.186. The Bertz CT molecular complexity index is 818. The third kappa shape index (κ3) is 4.97. The van der Waals surface area contributed by atoms with E-state index in [0.29, 0.717) is 6.42 Å². The highest BCUT2D eigenvalue weighted by atomic mass is 32.2. The molecule has 0 N–H and O–H groups in total. The van der Waals surface area contributed by atoms with Gasteiger partial charge in [0.2, 0.25) is 5.88 Å². The Morgan fingerprint density at radius 3 is 2.57 bits per heavy atom. The lowest BCUT2D eigenvalue weighted by Gasteiger charge is -2.06. The summed E-state index contributed by atoms with van der Waals surface area (Å²) in [5.74, 6) is 4.85. The van der Waals surface area contributed by atoms with Crippen molar-refractivity contribution in [2.24, 2.45) is 0 Å². The Kier molecular flexibility index (Phi) is 5.28. The first-order valence-corrected chi connectivity index (χ1v) is 8.56. The summed E-state index contributed by atoms with van der Waals surface area (Å²) in [5.41, 5.74) is -4.38. The summed E-state index contributed by atoms with van der Waals surface area (Å²) in [7, 11) is -5.70. The first-order valence-electron chi connectivity index (χ1n) is 6.27. The van der Waals surface area contributed by atoms with E-state index in [-0.39, 0.29) is 5.01 Å². The molecule has 122 valence electrons. The van der Waals surface area contributed by atoms with Gasteiger partial charge in [-0.3, -0.25) is 0 Å². The lowest BCUT2D eigenvalue weighted by atomic mass is 10.1. The molecule has 0 bridgehead atoms. The van der Waals surface area contributed by atoms with Gasteiger partial charge >= 0.3 is 15.6 Å². The average Bonchev–Trinajstić information content (AvgIpc) is 2.90. The molecule has 9 heteroatoms. The van der Waals surface area contributed by atoms with Crippen LogP contribution in [0.4, 0.5) is 13.2 Å². The standard InChI is InChI=1S/C14H10F3NO3S2/c15-14(16,17)23(19,20)21-12-10-22-13(18-12)9-5-4-8-11-6-2-1-3-7-11/h1-3,6-7,10H,4,8H2. The molecule has 0 saturated carbocycles. The van der Waals surface area contributed by atoms with Crippen LogP contribution in [0.15, 0.2) is 35.7 Å². The minimum Gasteiger partial charge on any atom is -0.354 e. The van der Waals surface area contributed by atoms with Crippen molar-refractivity contribution in [2.75, 3.05) is 0 Å². The Balaban J connectivity index is 1.94. The largest absolute Gasteiger partial charge is 0.534 e. The van der Waals surface area contributed by atoms with Crippen molar-refractivity contribution in [3.05, 3.63) is 46.3 Å². The molecule has 0 fully saturated rings. The van der Waals surface area contributed by atoms with Crippen LogP contribution in [-0.4, -0.2) is 18.9 Å². The van der Waals surface area contributed by atoms with Crippen LogP contribution in [0.1, 0.15) is 17.0 Å². The van der Waals surface area contributed by atoms with Crippen LogP contribution in [0.5, 0.6) is 5.88 Å². The number of nitrogens with zero attached hydrogens (tertiary/aromatic N) is 1. The third-order valence-corrected chi connectivity index (χ3v) is 4.23. The van der Waals surface area contributed by atoms with Gasteiger partial charge in [-0.25, -0.2) is 0 Å². The molecule has 2 aromatic rings. The Hall–Kier alpha value is -2.05. The second-order valence-corrected chi connectivity index (χ2v) is 6.66. The molecule has 0 saturated heterocycles. The molecule has 1 aromatic carbocycles. The normalized spacial score (nSPS) is 11.6. The number of aromatic nitrogens is 1. The van der Waals surface area contributed by atoms with Crippen molar-refractivity contribution in [3.8, 4) is 17.7 Å². The zero-order valence-corrected chi connectivity index (χ0v) is 13.1. The summed E-state index contributed by atoms with van der Waals surface area (Å²) in [6.45, 7) is 0. The molecule has 0 atom stereocenters.